The Morgan fingerprint density at radius 1 is 1.24 bits per heavy atom. The summed E-state index contributed by atoms with van der Waals surface area (Å²) in [4.78, 5) is 2.57. The number of rotatable bonds is 3. The van der Waals surface area contributed by atoms with Crippen LogP contribution in [0, 0.1) is 5.92 Å². The molecule has 1 saturated heterocycles. The molecule has 1 fully saturated rings. The Labute approximate surface area is 105 Å². The van der Waals surface area contributed by atoms with Crippen molar-refractivity contribution in [1.82, 2.24) is 5.32 Å². The second-order valence-corrected chi connectivity index (χ2v) is 5.18. The lowest BCUT2D eigenvalue weighted by molar-refractivity contribution is 0.521. The zero-order chi connectivity index (χ0) is 12.1. The third-order valence-corrected chi connectivity index (χ3v) is 3.72. The maximum Gasteiger partial charge on any atom is 0.0411 e. The third kappa shape index (κ3) is 3.22. The molecule has 1 atom stereocenters. The molecular formula is C15H24N2. The van der Waals surface area contributed by atoms with Crippen molar-refractivity contribution in [2.75, 3.05) is 25.0 Å². The molecule has 94 valence electrons. The number of nitrogens with one attached hydrogen (secondary N) is 1. The van der Waals surface area contributed by atoms with Gasteiger partial charge in [0, 0.05) is 25.3 Å². The number of anilines is 1. The molecule has 1 aliphatic heterocycles. The van der Waals surface area contributed by atoms with Crippen molar-refractivity contribution in [3.8, 4) is 0 Å². The van der Waals surface area contributed by atoms with Crippen molar-refractivity contribution in [1.29, 1.82) is 0 Å². The van der Waals surface area contributed by atoms with E-state index in [1.54, 1.807) is 0 Å². The summed E-state index contributed by atoms with van der Waals surface area (Å²) in [7, 11) is 2.02. The van der Waals surface area contributed by atoms with E-state index in [2.05, 4.69) is 41.4 Å². The second kappa shape index (κ2) is 6.06. The number of hydrogen-bond donors (Lipinski definition) is 1. The minimum Gasteiger partial charge on any atom is -0.371 e. The van der Waals surface area contributed by atoms with Gasteiger partial charge in [-0.3, -0.25) is 0 Å². The number of nitrogens with zero attached hydrogens (tertiary/aromatic N) is 1. The van der Waals surface area contributed by atoms with E-state index in [9.17, 15) is 0 Å². The molecule has 17 heavy (non-hydrogen) atoms. The highest BCUT2D eigenvalue weighted by molar-refractivity contribution is 5.53. The van der Waals surface area contributed by atoms with Crippen molar-refractivity contribution >= 4 is 5.69 Å². The maximum absolute atomic E-state index is 3.26. The summed E-state index contributed by atoms with van der Waals surface area (Å²) < 4.78 is 0. The molecule has 0 saturated carbocycles. The fraction of sp³-hybridized carbons (Fsp3) is 0.600. The van der Waals surface area contributed by atoms with Gasteiger partial charge in [0.05, 0.1) is 0 Å². The van der Waals surface area contributed by atoms with Gasteiger partial charge in [-0.05, 0) is 43.9 Å². The summed E-state index contributed by atoms with van der Waals surface area (Å²) in [6, 6.07) is 8.79. The first kappa shape index (κ1) is 12.4. The lowest BCUT2D eigenvalue weighted by atomic mass is 10.0. The highest BCUT2D eigenvalue weighted by Crippen LogP contribution is 2.25. The smallest absolute Gasteiger partial charge is 0.0411 e. The van der Waals surface area contributed by atoms with Gasteiger partial charge < -0.3 is 10.2 Å². The van der Waals surface area contributed by atoms with E-state index in [0.717, 1.165) is 12.5 Å². The molecule has 1 aliphatic rings. The zero-order valence-corrected chi connectivity index (χ0v) is 11.1. The normalized spacial score (nSPS) is 21.3. The SMILES string of the molecule is CNCc1ccccc1N1CCCC(C)CC1. The molecule has 1 aromatic rings. The van der Waals surface area contributed by atoms with Crippen LogP contribution in [0.1, 0.15) is 31.7 Å². The number of para-hydroxylation sites is 1. The molecule has 0 spiro atoms. The lowest BCUT2D eigenvalue weighted by Crippen LogP contribution is -2.26. The van der Waals surface area contributed by atoms with E-state index in [4.69, 9.17) is 0 Å². The summed E-state index contributed by atoms with van der Waals surface area (Å²) in [5.41, 5.74) is 2.85. The molecular weight excluding hydrogens is 208 g/mol. The first-order valence-electron chi connectivity index (χ1n) is 6.78. The van der Waals surface area contributed by atoms with Crippen LogP contribution in [0.5, 0.6) is 0 Å². The Morgan fingerprint density at radius 2 is 2.06 bits per heavy atom. The molecule has 2 rings (SSSR count). The predicted octanol–water partition coefficient (Wildman–Crippen LogP) is 3.03. The number of hydrogen-bond acceptors (Lipinski definition) is 2. The van der Waals surface area contributed by atoms with Crippen LogP contribution in [0.2, 0.25) is 0 Å². The van der Waals surface area contributed by atoms with Crippen molar-refractivity contribution in [2.24, 2.45) is 5.92 Å². The molecule has 2 nitrogen and oxygen atoms in total. The van der Waals surface area contributed by atoms with E-state index >= 15 is 0 Å². The summed E-state index contributed by atoms with van der Waals surface area (Å²) in [5.74, 6) is 0.886. The number of benzene rings is 1. The Balaban J connectivity index is 2.14. The molecule has 1 aromatic carbocycles. The fourth-order valence-electron chi connectivity index (χ4n) is 2.66. The van der Waals surface area contributed by atoms with Crippen molar-refractivity contribution in [3.63, 3.8) is 0 Å². The van der Waals surface area contributed by atoms with Gasteiger partial charge in [0.25, 0.3) is 0 Å². The summed E-state index contributed by atoms with van der Waals surface area (Å²) in [5, 5.41) is 3.26. The minimum absolute atomic E-state index is 0.886. The Hall–Kier alpha value is -1.02. The average molecular weight is 232 g/mol. The Bertz CT molecular complexity index is 349. The molecule has 0 radical (unpaired) electrons. The Morgan fingerprint density at radius 3 is 2.88 bits per heavy atom. The van der Waals surface area contributed by atoms with Gasteiger partial charge in [0.15, 0.2) is 0 Å². The summed E-state index contributed by atoms with van der Waals surface area (Å²) in [6.45, 7) is 5.76. The van der Waals surface area contributed by atoms with Crippen LogP contribution in [0.15, 0.2) is 24.3 Å². The van der Waals surface area contributed by atoms with Crippen molar-refractivity contribution < 1.29 is 0 Å². The van der Waals surface area contributed by atoms with Gasteiger partial charge in [0.1, 0.15) is 0 Å². The summed E-state index contributed by atoms with van der Waals surface area (Å²) in [6.07, 6.45) is 4.04. The first-order valence-corrected chi connectivity index (χ1v) is 6.78. The highest BCUT2D eigenvalue weighted by atomic mass is 15.1. The van der Waals surface area contributed by atoms with Gasteiger partial charge >= 0.3 is 0 Å². The lowest BCUT2D eigenvalue weighted by Gasteiger charge is -2.25. The van der Waals surface area contributed by atoms with Gasteiger partial charge in [0.2, 0.25) is 0 Å². The van der Waals surface area contributed by atoms with Gasteiger partial charge in [-0.1, -0.05) is 25.1 Å². The first-order chi connectivity index (χ1) is 8.31. The molecule has 0 bridgehead atoms. The maximum atomic E-state index is 3.26. The quantitative estimate of drug-likeness (QED) is 0.861. The fourth-order valence-corrected chi connectivity index (χ4v) is 2.66. The monoisotopic (exact) mass is 232 g/mol. The average Bonchev–Trinajstić information content (AvgIpc) is 2.55. The molecule has 0 aliphatic carbocycles. The molecule has 1 unspecified atom stereocenters. The van der Waals surface area contributed by atoms with Crippen LogP contribution >= 0.6 is 0 Å². The molecule has 1 heterocycles. The van der Waals surface area contributed by atoms with E-state index in [1.165, 1.54) is 43.6 Å². The van der Waals surface area contributed by atoms with Crippen LogP contribution in [-0.4, -0.2) is 20.1 Å². The third-order valence-electron chi connectivity index (χ3n) is 3.72. The van der Waals surface area contributed by atoms with E-state index in [1.807, 2.05) is 7.05 Å². The van der Waals surface area contributed by atoms with Gasteiger partial charge in [-0.25, -0.2) is 0 Å². The van der Waals surface area contributed by atoms with Crippen molar-refractivity contribution in [2.45, 2.75) is 32.7 Å². The molecule has 0 amide bonds. The summed E-state index contributed by atoms with van der Waals surface area (Å²) >= 11 is 0. The second-order valence-electron chi connectivity index (χ2n) is 5.18. The van der Waals surface area contributed by atoms with Gasteiger partial charge in [-0.2, -0.15) is 0 Å². The largest absolute Gasteiger partial charge is 0.371 e. The van der Waals surface area contributed by atoms with Crippen LogP contribution in [0.3, 0.4) is 0 Å². The molecule has 2 heteroatoms. The van der Waals surface area contributed by atoms with Crippen LogP contribution < -0.4 is 10.2 Å². The molecule has 0 aromatic heterocycles. The zero-order valence-electron chi connectivity index (χ0n) is 11.1. The van der Waals surface area contributed by atoms with E-state index < -0.39 is 0 Å². The van der Waals surface area contributed by atoms with Crippen LogP contribution in [0.25, 0.3) is 0 Å². The topological polar surface area (TPSA) is 15.3 Å². The van der Waals surface area contributed by atoms with Crippen LogP contribution in [-0.2, 0) is 6.54 Å². The van der Waals surface area contributed by atoms with Crippen LogP contribution in [0.4, 0.5) is 5.69 Å². The minimum atomic E-state index is 0.886. The standard InChI is InChI=1S/C15H24N2/c1-13-6-5-10-17(11-9-13)15-8-4-3-7-14(15)12-16-2/h3-4,7-8,13,16H,5-6,9-12H2,1-2H3. The van der Waals surface area contributed by atoms with Crippen molar-refractivity contribution in [3.05, 3.63) is 29.8 Å². The predicted molar refractivity (Wildman–Crippen MR) is 74.4 cm³/mol. The molecule has 1 N–H and O–H groups in total. The Kier molecular flexibility index (Phi) is 4.43. The van der Waals surface area contributed by atoms with E-state index in [-0.39, 0.29) is 0 Å². The van der Waals surface area contributed by atoms with E-state index in [0.29, 0.717) is 0 Å². The van der Waals surface area contributed by atoms with Gasteiger partial charge in [-0.15, -0.1) is 0 Å². The highest BCUT2D eigenvalue weighted by Gasteiger charge is 2.15.